The molecule has 1 unspecified atom stereocenters. The van der Waals surface area contributed by atoms with E-state index in [1.807, 2.05) is 35.2 Å². The molecule has 0 aliphatic carbocycles. The van der Waals surface area contributed by atoms with E-state index in [0.29, 0.717) is 35.1 Å². The summed E-state index contributed by atoms with van der Waals surface area (Å²) in [6, 6.07) is 21.7. The number of fused-ring (bicyclic) bond motifs is 1. The maximum Gasteiger partial charge on any atom is 0.329 e. The van der Waals surface area contributed by atoms with Gasteiger partial charge in [-0.25, -0.2) is 9.78 Å². The molecule has 2 aromatic carbocycles. The average Bonchev–Trinajstić information content (AvgIpc) is 3.17. The number of rotatable bonds is 7. The maximum atomic E-state index is 12.9. The van der Waals surface area contributed by atoms with Crippen molar-refractivity contribution in [3.8, 4) is 0 Å². The molecule has 0 bridgehead atoms. The van der Waals surface area contributed by atoms with Gasteiger partial charge in [-0.15, -0.1) is 0 Å². The van der Waals surface area contributed by atoms with Crippen molar-refractivity contribution in [3.05, 3.63) is 93.4 Å². The van der Waals surface area contributed by atoms with E-state index in [2.05, 4.69) is 39.5 Å². The second kappa shape index (κ2) is 11.4. The van der Waals surface area contributed by atoms with Crippen LogP contribution < -0.4 is 11.0 Å². The zero-order chi connectivity index (χ0) is 27.5. The summed E-state index contributed by atoms with van der Waals surface area (Å²) in [5.74, 6) is 0.0204. The van der Waals surface area contributed by atoms with Crippen LogP contribution in [0, 0.1) is 0 Å². The SMILES string of the molecule is Cn1c(=O)n(C)c2nc(NC(=O)CCC(=O)N3CCN(C(c4ccccc4)c4ccc(Cl)cc4)CC3)ccc21. The van der Waals surface area contributed by atoms with Crippen LogP contribution >= 0.6 is 11.6 Å². The van der Waals surface area contributed by atoms with Crippen LogP contribution in [0.2, 0.25) is 5.02 Å². The Bertz CT molecular complexity index is 1540. The van der Waals surface area contributed by atoms with Crippen molar-refractivity contribution in [2.75, 3.05) is 31.5 Å². The number of nitrogens with one attached hydrogen (secondary N) is 1. The average molecular weight is 547 g/mol. The highest BCUT2D eigenvalue weighted by Gasteiger charge is 2.28. The fraction of sp³-hybridized carbons (Fsp3) is 0.310. The maximum absolute atomic E-state index is 12.9. The van der Waals surface area contributed by atoms with Crippen LogP contribution in [0.1, 0.15) is 30.0 Å². The third-order valence-electron chi connectivity index (χ3n) is 7.27. The second-order valence-electron chi connectivity index (χ2n) is 9.77. The van der Waals surface area contributed by atoms with Gasteiger partial charge in [-0.2, -0.15) is 0 Å². The van der Waals surface area contributed by atoms with Gasteiger partial charge in [-0.1, -0.05) is 54.1 Å². The number of imidazole rings is 1. The Balaban J connectivity index is 1.17. The highest BCUT2D eigenvalue weighted by Crippen LogP contribution is 2.30. The number of carbonyl (C=O) groups is 2. The van der Waals surface area contributed by atoms with E-state index in [0.717, 1.165) is 18.7 Å². The van der Waals surface area contributed by atoms with Gasteiger partial charge in [0, 0.05) is 58.1 Å². The molecule has 2 aromatic heterocycles. The van der Waals surface area contributed by atoms with Crippen molar-refractivity contribution in [1.82, 2.24) is 23.9 Å². The van der Waals surface area contributed by atoms with E-state index in [9.17, 15) is 14.4 Å². The lowest BCUT2D eigenvalue weighted by Gasteiger charge is -2.40. The van der Waals surface area contributed by atoms with Gasteiger partial charge in [0.05, 0.1) is 11.6 Å². The molecular weight excluding hydrogens is 516 g/mol. The normalized spacial score (nSPS) is 14.9. The smallest absolute Gasteiger partial charge is 0.329 e. The minimum absolute atomic E-state index is 0.0404. The van der Waals surface area contributed by atoms with Crippen LogP contribution in [-0.4, -0.2) is 61.9 Å². The van der Waals surface area contributed by atoms with Crippen LogP contribution in [0.25, 0.3) is 11.2 Å². The molecular formula is C29H31ClN6O3. The first-order chi connectivity index (χ1) is 18.8. The van der Waals surface area contributed by atoms with E-state index < -0.39 is 0 Å². The summed E-state index contributed by atoms with van der Waals surface area (Å²) in [6.07, 6.45) is 0.182. The molecule has 1 saturated heterocycles. The number of hydrogen-bond donors (Lipinski definition) is 1. The molecule has 4 aromatic rings. The molecule has 9 nitrogen and oxygen atoms in total. The lowest BCUT2D eigenvalue weighted by atomic mass is 9.96. The minimum Gasteiger partial charge on any atom is -0.340 e. The largest absolute Gasteiger partial charge is 0.340 e. The van der Waals surface area contributed by atoms with Gasteiger partial charge >= 0.3 is 5.69 Å². The van der Waals surface area contributed by atoms with Gasteiger partial charge in [0.15, 0.2) is 5.65 Å². The molecule has 1 aliphatic heterocycles. The first-order valence-electron chi connectivity index (χ1n) is 13.0. The number of piperazine rings is 1. The second-order valence-corrected chi connectivity index (χ2v) is 10.2. The summed E-state index contributed by atoms with van der Waals surface area (Å²) in [5.41, 5.74) is 3.33. The third kappa shape index (κ3) is 5.74. The van der Waals surface area contributed by atoms with E-state index in [1.165, 1.54) is 14.7 Å². The lowest BCUT2D eigenvalue weighted by molar-refractivity contribution is -0.134. The van der Waals surface area contributed by atoms with Crippen molar-refractivity contribution in [2.45, 2.75) is 18.9 Å². The van der Waals surface area contributed by atoms with E-state index in [4.69, 9.17) is 11.6 Å². The predicted molar refractivity (Wildman–Crippen MR) is 152 cm³/mol. The minimum atomic E-state index is -0.290. The summed E-state index contributed by atoms with van der Waals surface area (Å²) in [4.78, 5) is 46.2. The molecule has 0 spiro atoms. The standard InChI is InChI=1S/C29H31ClN6O3/c1-33-23-12-13-24(32-28(23)34(2)29(33)39)31-25(37)14-15-26(38)35-16-18-36(19-17-35)27(20-6-4-3-5-7-20)21-8-10-22(30)11-9-21/h3-13,27H,14-19H2,1-2H3,(H,31,32,37). The Hall–Kier alpha value is -3.95. The van der Waals surface area contributed by atoms with Gasteiger partial charge in [-0.05, 0) is 35.4 Å². The fourth-order valence-corrected chi connectivity index (χ4v) is 5.27. The molecule has 0 saturated carbocycles. The molecule has 1 aliphatic rings. The molecule has 1 atom stereocenters. The van der Waals surface area contributed by atoms with Crippen molar-refractivity contribution in [3.63, 3.8) is 0 Å². The van der Waals surface area contributed by atoms with E-state index >= 15 is 0 Å². The first kappa shape index (κ1) is 26.6. The van der Waals surface area contributed by atoms with Crippen LogP contribution in [0.15, 0.2) is 71.5 Å². The molecule has 3 heterocycles. The number of aromatic nitrogens is 3. The number of halogens is 1. The number of nitrogens with zero attached hydrogens (tertiary/aromatic N) is 5. The summed E-state index contributed by atoms with van der Waals surface area (Å²) in [6.45, 7) is 2.63. The zero-order valence-corrected chi connectivity index (χ0v) is 22.8. The molecule has 10 heteroatoms. The van der Waals surface area contributed by atoms with Crippen molar-refractivity contribution < 1.29 is 9.59 Å². The van der Waals surface area contributed by atoms with Gasteiger partial charge in [0.25, 0.3) is 0 Å². The predicted octanol–water partition coefficient (Wildman–Crippen LogP) is 3.58. The molecule has 39 heavy (non-hydrogen) atoms. The Kier molecular flexibility index (Phi) is 7.81. The van der Waals surface area contributed by atoms with Crippen LogP contribution in [0.5, 0.6) is 0 Å². The summed E-state index contributed by atoms with van der Waals surface area (Å²) in [5, 5.41) is 3.45. The van der Waals surface area contributed by atoms with Gasteiger partial charge in [0.1, 0.15) is 5.82 Å². The Morgan fingerprint density at radius 1 is 0.872 bits per heavy atom. The van der Waals surface area contributed by atoms with Crippen molar-refractivity contribution in [2.24, 2.45) is 14.1 Å². The molecule has 5 rings (SSSR count). The summed E-state index contributed by atoms with van der Waals surface area (Å²) < 4.78 is 2.94. The topological polar surface area (TPSA) is 92.5 Å². The van der Waals surface area contributed by atoms with Crippen LogP contribution in [-0.2, 0) is 23.7 Å². The highest BCUT2D eigenvalue weighted by atomic mass is 35.5. The number of amides is 2. The van der Waals surface area contributed by atoms with Crippen molar-refractivity contribution >= 4 is 40.4 Å². The Morgan fingerprint density at radius 2 is 1.54 bits per heavy atom. The number of pyridine rings is 1. The van der Waals surface area contributed by atoms with Gasteiger partial charge in [0.2, 0.25) is 11.8 Å². The first-order valence-corrected chi connectivity index (χ1v) is 13.3. The number of hydrogen-bond acceptors (Lipinski definition) is 5. The summed E-state index contributed by atoms with van der Waals surface area (Å²) in [7, 11) is 3.31. The monoisotopic (exact) mass is 546 g/mol. The quantitative estimate of drug-likeness (QED) is 0.382. The van der Waals surface area contributed by atoms with Crippen molar-refractivity contribution in [1.29, 1.82) is 0 Å². The lowest BCUT2D eigenvalue weighted by Crippen LogP contribution is -2.50. The van der Waals surface area contributed by atoms with Gasteiger partial charge < -0.3 is 10.2 Å². The fourth-order valence-electron chi connectivity index (χ4n) is 5.15. The van der Waals surface area contributed by atoms with E-state index in [-0.39, 0.29) is 36.4 Å². The molecule has 0 radical (unpaired) electrons. The number of benzene rings is 2. The Labute approximate surface area is 231 Å². The highest BCUT2D eigenvalue weighted by molar-refractivity contribution is 6.30. The number of anilines is 1. The Morgan fingerprint density at radius 3 is 2.23 bits per heavy atom. The van der Waals surface area contributed by atoms with E-state index in [1.54, 1.807) is 26.2 Å². The third-order valence-corrected chi connectivity index (χ3v) is 7.53. The number of aryl methyl sites for hydroxylation is 2. The molecule has 2 amide bonds. The van der Waals surface area contributed by atoms with Gasteiger partial charge in [-0.3, -0.25) is 23.6 Å². The molecule has 1 N–H and O–H groups in total. The molecule has 202 valence electrons. The zero-order valence-electron chi connectivity index (χ0n) is 22.0. The van der Waals surface area contributed by atoms with Crippen LogP contribution in [0.3, 0.4) is 0 Å². The summed E-state index contributed by atoms with van der Waals surface area (Å²) >= 11 is 6.13. The van der Waals surface area contributed by atoms with Crippen LogP contribution in [0.4, 0.5) is 5.82 Å². The number of carbonyl (C=O) groups excluding carboxylic acids is 2. The molecule has 1 fully saturated rings.